The lowest BCUT2D eigenvalue weighted by molar-refractivity contribution is -0.138. The Hall–Kier alpha value is -1.77. The summed E-state index contributed by atoms with van der Waals surface area (Å²) < 4.78 is 10.6. The third-order valence-corrected chi connectivity index (χ3v) is 3.13. The second-order valence-electron chi connectivity index (χ2n) is 4.24. The lowest BCUT2D eigenvalue weighted by Gasteiger charge is -2.12. The monoisotopic (exact) mass is 246 g/mol. The number of hydrogen-bond acceptors (Lipinski definition) is 3. The highest BCUT2D eigenvalue weighted by Crippen LogP contribution is 2.31. The number of hydrogen-bond donors (Lipinski definition) is 0. The zero-order chi connectivity index (χ0) is 13.0. The first-order chi connectivity index (χ1) is 8.77. The van der Waals surface area contributed by atoms with E-state index in [9.17, 15) is 4.79 Å². The van der Waals surface area contributed by atoms with Gasteiger partial charge in [-0.15, -0.1) is 0 Å². The molecule has 3 heteroatoms. The van der Waals surface area contributed by atoms with Crippen LogP contribution in [0.1, 0.15) is 30.9 Å². The van der Waals surface area contributed by atoms with Crippen LogP contribution in [-0.4, -0.2) is 19.7 Å². The highest BCUT2D eigenvalue weighted by Gasteiger charge is 2.23. The molecule has 2 rings (SSSR count). The molecular weight excluding hydrogens is 228 g/mol. The van der Waals surface area contributed by atoms with E-state index in [-0.39, 0.29) is 5.97 Å². The molecule has 0 heterocycles. The first-order valence-electron chi connectivity index (χ1n) is 6.30. The first kappa shape index (κ1) is 12.7. The average molecular weight is 246 g/mol. The van der Waals surface area contributed by atoms with E-state index in [1.807, 2.05) is 25.1 Å². The van der Waals surface area contributed by atoms with Gasteiger partial charge in [0, 0.05) is 5.56 Å². The molecule has 1 aromatic carbocycles. The van der Waals surface area contributed by atoms with Crippen LogP contribution in [0.25, 0.3) is 5.76 Å². The normalized spacial score (nSPS) is 14.8. The summed E-state index contributed by atoms with van der Waals surface area (Å²) in [5, 5.41) is 0. The molecule has 0 bridgehead atoms. The minimum atomic E-state index is -0.258. The van der Waals surface area contributed by atoms with Gasteiger partial charge in [-0.1, -0.05) is 24.3 Å². The van der Waals surface area contributed by atoms with E-state index < -0.39 is 0 Å². The summed E-state index contributed by atoms with van der Waals surface area (Å²) >= 11 is 0. The quantitative estimate of drug-likeness (QED) is 0.769. The molecule has 0 saturated carbocycles. The van der Waals surface area contributed by atoms with Crippen molar-refractivity contribution in [1.82, 2.24) is 0 Å². The Morgan fingerprint density at radius 3 is 2.78 bits per heavy atom. The molecule has 0 aliphatic heterocycles. The highest BCUT2D eigenvalue weighted by atomic mass is 16.5. The molecule has 0 amide bonds. The Bertz CT molecular complexity index is 474. The standard InChI is InChI=1S/C15H18O3/c1-3-18-15(16)13-10-6-8-11-7-4-5-9-12(11)14(13)17-2/h4-5,7,9H,3,6,8,10H2,1-2H3. The number of carbonyl (C=O) groups excluding carboxylic acids is 1. The molecule has 1 aliphatic rings. The van der Waals surface area contributed by atoms with Crippen LogP contribution in [0.5, 0.6) is 0 Å². The van der Waals surface area contributed by atoms with E-state index in [2.05, 4.69) is 6.07 Å². The zero-order valence-corrected chi connectivity index (χ0v) is 10.9. The SMILES string of the molecule is CCOC(=O)C1=C(OC)c2ccccc2CCC1. The molecule has 0 saturated heterocycles. The summed E-state index contributed by atoms with van der Waals surface area (Å²) in [6.07, 6.45) is 2.61. The lowest BCUT2D eigenvalue weighted by atomic mass is 10.0. The summed E-state index contributed by atoms with van der Waals surface area (Å²) in [6, 6.07) is 8.06. The molecule has 0 N–H and O–H groups in total. The third-order valence-electron chi connectivity index (χ3n) is 3.13. The van der Waals surface area contributed by atoms with E-state index in [4.69, 9.17) is 9.47 Å². The van der Waals surface area contributed by atoms with Crippen molar-refractivity contribution in [2.24, 2.45) is 0 Å². The van der Waals surface area contributed by atoms with Crippen molar-refractivity contribution in [3.63, 3.8) is 0 Å². The van der Waals surface area contributed by atoms with Crippen molar-refractivity contribution in [2.75, 3.05) is 13.7 Å². The van der Waals surface area contributed by atoms with Gasteiger partial charge in [-0.2, -0.15) is 0 Å². The van der Waals surface area contributed by atoms with Gasteiger partial charge in [0.05, 0.1) is 19.3 Å². The maximum absolute atomic E-state index is 12.0. The molecule has 0 radical (unpaired) electrons. The molecule has 3 nitrogen and oxygen atoms in total. The van der Waals surface area contributed by atoms with Crippen LogP contribution in [-0.2, 0) is 20.7 Å². The molecule has 0 spiro atoms. The maximum Gasteiger partial charge on any atom is 0.337 e. The zero-order valence-electron chi connectivity index (χ0n) is 10.9. The fraction of sp³-hybridized carbons (Fsp3) is 0.400. The van der Waals surface area contributed by atoms with Crippen LogP contribution in [0.2, 0.25) is 0 Å². The van der Waals surface area contributed by atoms with Gasteiger partial charge in [0.2, 0.25) is 0 Å². The Labute approximate surface area is 107 Å². The number of esters is 1. The number of methoxy groups -OCH3 is 1. The summed E-state index contributed by atoms with van der Waals surface area (Å²) in [4.78, 5) is 12.0. The van der Waals surface area contributed by atoms with E-state index in [1.165, 1.54) is 5.56 Å². The fourth-order valence-corrected chi connectivity index (χ4v) is 2.34. The van der Waals surface area contributed by atoms with Crippen LogP contribution >= 0.6 is 0 Å². The number of rotatable bonds is 3. The van der Waals surface area contributed by atoms with Crippen LogP contribution < -0.4 is 0 Å². The van der Waals surface area contributed by atoms with Gasteiger partial charge >= 0.3 is 5.97 Å². The largest absolute Gasteiger partial charge is 0.496 e. The van der Waals surface area contributed by atoms with Crippen molar-refractivity contribution in [2.45, 2.75) is 26.2 Å². The van der Waals surface area contributed by atoms with Gasteiger partial charge < -0.3 is 9.47 Å². The molecule has 0 unspecified atom stereocenters. The predicted molar refractivity (Wildman–Crippen MR) is 69.9 cm³/mol. The minimum Gasteiger partial charge on any atom is -0.496 e. The van der Waals surface area contributed by atoms with Crippen molar-refractivity contribution in [3.05, 3.63) is 41.0 Å². The van der Waals surface area contributed by atoms with E-state index in [0.717, 1.165) is 18.4 Å². The van der Waals surface area contributed by atoms with Gasteiger partial charge in [0.1, 0.15) is 5.76 Å². The number of benzene rings is 1. The number of ether oxygens (including phenoxy) is 2. The molecule has 0 fully saturated rings. The lowest BCUT2D eigenvalue weighted by Crippen LogP contribution is -2.10. The topological polar surface area (TPSA) is 35.5 Å². The van der Waals surface area contributed by atoms with Crippen LogP contribution in [0.4, 0.5) is 0 Å². The molecule has 1 aromatic rings. The van der Waals surface area contributed by atoms with Gasteiger partial charge in [0.25, 0.3) is 0 Å². The highest BCUT2D eigenvalue weighted by molar-refractivity contribution is 5.96. The van der Waals surface area contributed by atoms with Crippen molar-refractivity contribution in [1.29, 1.82) is 0 Å². The summed E-state index contributed by atoms with van der Waals surface area (Å²) in [5.74, 6) is 0.410. The summed E-state index contributed by atoms with van der Waals surface area (Å²) in [7, 11) is 1.61. The van der Waals surface area contributed by atoms with Crippen LogP contribution in [0, 0.1) is 0 Å². The molecule has 1 aliphatic carbocycles. The third kappa shape index (κ3) is 2.40. The maximum atomic E-state index is 12.0. The second kappa shape index (κ2) is 5.71. The molecule has 96 valence electrons. The summed E-state index contributed by atoms with van der Waals surface area (Å²) in [6.45, 7) is 2.20. The first-order valence-corrected chi connectivity index (χ1v) is 6.30. The molecule has 0 atom stereocenters. The average Bonchev–Trinajstić information content (AvgIpc) is 2.57. The van der Waals surface area contributed by atoms with Crippen LogP contribution in [0.15, 0.2) is 29.8 Å². The smallest absolute Gasteiger partial charge is 0.337 e. The van der Waals surface area contributed by atoms with Crippen LogP contribution in [0.3, 0.4) is 0 Å². The minimum absolute atomic E-state index is 0.258. The van der Waals surface area contributed by atoms with E-state index in [1.54, 1.807) is 7.11 Å². The molecule has 0 aromatic heterocycles. The fourth-order valence-electron chi connectivity index (χ4n) is 2.34. The van der Waals surface area contributed by atoms with Crippen molar-refractivity contribution >= 4 is 11.7 Å². The molecular formula is C15H18O3. The Balaban J connectivity index is 2.48. The summed E-state index contributed by atoms with van der Waals surface area (Å²) in [5.41, 5.74) is 2.90. The van der Waals surface area contributed by atoms with E-state index >= 15 is 0 Å². The van der Waals surface area contributed by atoms with Crippen molar-refractivity contribution in [3.8, 4) is 0 Å². The Morgan fingerprint density at radius 1 is 1.28 bits per heavy atom. The number of fused-ring (bicyclic) bond motifs is 1. The molecule has 18 heavy (non-hydrogen) atoms. The van der Waals surface area contributed by atoms with Gasteiger partial charge in [-0.25, -0.2) is 4.79 Å². The number of aryl methyl sites for hydroxylation is 1. The van der Waals surface area contributed by atoms with Gasteiger partial charge in [-0.3, -0.25) is 0 Å². The van der Waals surface area contributed by atoms with Crippen molar-refractivity contribution < 1.29 is 14.3 Å². The predicted octanol–water partition coefficient (Wildman–Crippen LogP) is 2.94. The number of carbonyl (C=O) groups is 1. The van der Waals surface area contributed by atoms with Gasteiger partial charge in [0.15, 0.2) is 0 Å². The second-order valence-corrected chi connectivity index (χ2v) is 4.24. The Kier molecular flexibility index (Phi) is 4.03. The van der Waals surface area contributed by atoms with Gasteiger partial charge in [-0.05, 0) is 31.7 Å². The Morgan fingerprint density at radius 2 is 2.06 bits per heavy atom. The van der Waals surface area contributed by atoms with E-state index in [0.29, 0.717) is 24.4 Å².